The minimum atomic E-state index is 0.0673. The van der Waals surface area contributed by atoms with E-state index in [1.807, 2.05) is 34.9 Å². The van der Waals surface area contributed by atoms with Crippen LogP contribution in [0.5, 0.6) is 0 Å². The lowest BCUT2D eigenvalue weighted by atomic mass is 10.1. The number of hydrogen-bond donors (Lipinski definition) is 1. The third kappa shape index (κ3) is 3.24. The fourth-order valence-electron chi connectivity index (χ4n) is 2.11. The average molecular weight is 258 g/mol. The predicted molar refractivity (Wildman–Crippen MR) is 80.5 cm³/mol. The van der Waals surface area contributed by atoms with Crippen LogP contribution in [0.4, 0.5) is 0 Å². The molecule has 0 saturated carbocycles. The molecule has 2 aromatic rings. The van der Waals surface area contributed by atoms with Crippen LogP contribution in [0.25, 0.3) is 10.9 Å². The van der Waals surface area contributed by atoms with Crippen molar-refractivity contribution in [1.82, 2.24) is 9.88 Å². The summed E-state index contributed by atoms with van der Waals surface area (Å²) in [5.41, 5.74) is 1.08. The third-order valence-corrected chi connectivity index (χ3v) is 3.70. The molecular formula is C16H22N2O. The molecule has 1 heterocycles. The van der Waals surface area contributed by atoms with Crippen molar-refractivity contribution in [3.63, 3.8) is 0 Å². The summed E-state index contributed by atoms with van der Waals surface area (Å²) in [6.07, 6.45) is 0. The Bertz CT molecular complexity index is 601. The largest absolute Gasteiger partial charge is 0.312 e. The number of para-hydroxylation sites is 1. The van der Waals surface area contributed by atoms with Crippen LogP contribution in [0.15, 0.2) is 41.2 Å². The second-order valence-corrected chi connectivity index (χ2v) is 5.37. The maximum absolute atomic E-state index is 12.0. The minimum absolute atomic E-state index is 0.0673. The lowest BCUT2D eigenvalue weighted by Gasteiger charge is -2.18. The van der Waals surface area contributed by atoms with Crippen molar-refractivity contribution in [3.8, 4) is 0 Å². The van der Waals surface area contributed by atoms with E-state index in [-0.39, 0.29) is 5.56 Å². The molecule has 0 aliphatic carbocycles. The van der Waals surface area contributed by atoms with Crippen molar-refractivity contribution < 1.29 is 0 Å². The van der Waals surface area contributed by atoms with Gasteiger partial charge in [0.25, 0.3) is 5.56 Å². The van der Waals surface area contributed by atoms with Crippen molar-refractivity contribution >= 4 is 10.9 Å². The molecule has 3 heteroatoms. The van der Waals surface area contributed by atoms with Crippen LogP contribution in [0.1, 0.15) is 20.8 Å². The highest BCUT2D eigenvalue weighted by atomic mass is 16.1. The number of nitrogens with one attached hydrogen (secondary N) is 1. The molecule has 1 aromatic heterocycles. The molecule has 2 rings (SSSR count). The van der Waals surface area contributed by atoms with E-state index < -0.39 is 0 Å². The topological polar surface area (TPSA) is 34.0 Å². The van der Waals surface area contributed by atoms with E-state index in [4.69, 9.17) is 0 Å². The van der Waals surface area contributed by atoms with Gasteiger partial charge in [-0.05, 0) is 30.4 Å². The number of pyridine rings is 1. The monoisotopic (exact) mass is 258 g/mol. The van der Waals surface area contributed by atoms with Crippen molar-refractivity contribution in [2.24, 2.45) is 5.92 Å². The van der Waals surface area contributed by atoms with Crippen LogP contribution in [-0.2, 0) is 6.54 Å². The molecule has 1 atom stereocenters. The van der Waals surface area contributed by atoms with E-state index in [9.17, 15) is 4.79 Å². The van der Waals surface area contributed by atoms with Gasteiger partial charge in [0, 0.05) is 25.2 Å². The van der Waals surface area contributed by atoms with Gasteiger partial charge in [0.1, 0.15) is 0 Å². The fraction of sp³-hybridized carbons (Fsp3) is 0.438. The molecule has 1 N–H and O–H groups in total. The molecule has 102 valence electrons. The second kappa shape index (κ2) is 6.02. The first kappa shape index (κ1) is 13.8. The van der Waals surface area contributed by atoms with E-state index in [0.717, 1.165) is 17.4 Å². The zero-order valence-corrected chi connectivity index (χ0v) is 11.9. The molecule has 0 fully saturated rings. The molecule has 1 aromatic carbocycles. The molecule has 0 radical (unpaired) electrons. The molecular weight excluding hydrogens is 236 g/mol. The smallest absolute Gasteiger partial charge is 0.251 e. The van der Waals surface area contributed by atoms with Crippen LogP contribution in [-0.4, -0.2) is 17.2 Å². The van der Waals surface area contributed by atoms with Gasteiger partial charge in [-0.2, -0.15) is 0 Å². The van der Waals surface area contributed by atoms with Crippen LogP contribution in [0, 0.1) is 5.92 Å². The number of nitrogens with zero attached hydrogens (tertiary/aromatic N) is 1. The maximum atomic E-state index is 12.0. The van der Waals surface area contributed by atoms with Gasteiger partial charge < -0.3 is 9.88 Å². The van der Waals surface area contributed by atoms with Gasteiger partial charge in [0.05, 0.1) is 5.52 Å². The molecule has 0 saturated heterocycles. The van der Waals surface area contributed by atoms with Gasteiger partial charge in [-0.15, -0.1) is 0 Å². The molecule has 0 aliphatic rings. The molecule has 0 spiro atoms. The normalized spacial score (nSPS) is 13.1. The lowest BCUT2D eigenvalue weighted by molar-refractivity contribution is 0.417. The summed E-state index contributed by atoms with van der Waals surface area (Å²) >= 11 is 0. The van der Waals surface area contributed by atoms with Crippen molar-refractivity contribution in [2.45, 2.75) is 33.4 Å². The Morgan fingerprint density at radius 1 is 1.11 bits per heavy atom. The predicted octanol–water partition coefficient (Wildman–Crippen LogP) is 2.64. The van der Waals surface area contributed by atoms with Gasteiger partial charge in [0.2, 0.25) is 0 Å². The number of rotatable bonds is 5. The molecule has 0 amide bonds. The van der Waals surface area contributed by atoms with Crippen molar-refractivity contribution in [1.29, 1.82) is 0 Å². The van der Waals surface area contributed by atoms with Gasteiger partial charge in [-0.3, -0.25) is 4.79 Å². The summed E-state index contributed by atoms with van der Waals surface area (Å²) in [7, 11) is 0. The first-order chi connectivity index (χ1) is 9.09. The first-order valence-corrected chi connectivity index (χ1v) is 6.91. The minimum Gasteiger partial charge on any atom is -0.312 e. The van der Waals surface area contributed by atoms with Crippen LogP contribution >= 0.6 is 0 Å². The highest BCUT2D eigenvalue weighted by Crippen LogP contribution is 2.10. The average Bonchev–Trinajstić information content (AvgIpc) is 2.41. The zero-order chi connectivity index (χ0) is 13.8. The van der Waals surface area contributed by atoms with E-state index >= 15 is 0 Å². The van der Waals surface area contributed by atoms with Crippen LogP contribution in [0.2, 0.25) is 0 Å². The summed E-state index contributed by atoms with van der Waals surface area (Å²) in [5, 5.41) is 4.57. The third-order valence-electron chi connectivity index (χ3n) is 3.70. The van der Waals surface area contributed by atoms with Crippen LogP contribution in [0.3, 0.4) is 0 Å². The lowest BCUT2D eigenvalue weighted by Crippen LogP contribution is -2.35. The highest BCUT2D eigenvalue weighted by molar-refractivity contribution is 5.78. The van der Waals surface area contributed by atoms with Crippen molar-refractivity contribution in [3.05, 3.63) is 46.8 Å². The molecule has 1 unspecified atom stereocenters. The van der Waals surface area contributed by atoms with Gasteiger partial charge in [-0.25, -0.2) is 0 Å². The zero-order valence-electron chi connectivity index (χ0n) is 11.9. The second-order valence-electron chi connectivity index (χ2n) is 5.37. The first-order valence-electron chi connectivity index (χ1n) is 6.91. The highest BCUT2D eigenvalue weighted by Gasteiger charge is 2.06. The van der Waals surface area contributed by atoms with Gasteiger partial charge in [-0.1, -0.05) is 32.0 Å². The summed E-state index contributed by atoms with van der Waals surface area (Å²) in [6.45, 7) is 8.09. The van der Waals surface area contributed by atoms with E-state index in [1.54, 1.807) is 6.07 Å². The van der Waals surface area contributed by atoms with Gasteiger partial charge >= 0.3 is 0 Å². The Labute approximate surface area is 114 Å². The Kier molecular flexibility index (Phi) is 4.38. The van der Waals surface area contributed by atoms with E-state index in [1.165, 1.54) is 0 Å². The quantitative estimate of drug-likeness (QED) is 0.894. The Morgan fingerprint density at radius 2 is 1.84 bits per heavy atom. The summed E-state index contributed by atoms with van der Waals surface area (Å²) in [5.74, 6) is 0.601. The van der Waals surface area contributed by atoms with Gasteiger partial charge in [0.15, 0.2) is 0 Å². The molecule has 3 nitrogen and oxygen atoms in total. The fourth-order valence-corrected chi connectivity index (χ4v) is 2.11. The SMILES string of the molecule is CC(C)C(C)NCCn1c(=O)ccc2ccccc21. The van der Waals surface area contributed by atoms with Crippen LogP contribution < -0.4 is 10.9 Å². The number of fused-ring (bicyclic) bond motifs is 1. The molecule has 0 aliphatic heterocycles. The van der Waals surface area contributed by atoms with E-state index in [0.29, 0.717) is 18.5 Å². The summed E-state index contributed by atoms with van der Waals surface area (Å²) < 4.78 is 1.84. The standard InChI is InChI=1S/C16H22N2O/c1-12(2)13(3)17-10-11-18-15-7-5-4-6-14(15)8-9-16(18)19/h4-9,12-13,17H,10-11H2,1-3H3. The van der Waals surface area contributed by atoms with Crippen molar-refractivity contribution in [2.75, 3.05) is 6.54 Å². The molecule has 0 bridgehead atoms. The summed E-state index contributed by atoms with van der Waals surface area (Å²) in [6, 6.07) is 12.0. The Morgan fingerprint density at radius 3 is 2.58 bits per heavy atom. The number of benzene rings is 1. The summed E-state index contributed by atoms with van der Waals surface area (Å²) in [4.78, 5) is 12.0. The Balaban J connectivity index is 2.16. The molecule has 19 heavy (non-hydrogen) atoms. The van der Waals surface area contributed by atoms with E-state index in [2.05, 4.69) is 26.1 Å². The Hall–Kier alpha value is -1.61. The maximum Gasteiger partial charge on any atom is 0.251 e. The number of aromatic nitrogens is 1. The number of hydrogen-bond acceptors (Lipinski definition) is 2.